The smallest absolute Gasteiger partial charge is 0.186 e. The third-order valence-electron chi connectivity index (χ3n) is 4.21. The molecule has 0 unspecified atom stereocenters. The van der Waals surface area contributed by atoms with E-state index in [1.165, 1.54) is 5.56 Å². The lowest BCUT2D eigenvalue weighted by molar-refractivity contribution is 0.653. The first-order chi connectivity index (χ1) is 12.3. The van der Waals surface area contributed by atoms with Crippen molar-refractivity contribution in [1.29, 1.82) is 0 Å². The van der Waals surface area contributed by atoms with Crippen LogP contribution in [0, 0.1) is 6.92 Å². The van der Waals surface area contributed by atoms with Crippen LogP contribution in [-0.4, -0.2) is 19.4 Å². The van der Waals surface area contributed by atoms with Crippen LogP contribution in [0.15, 0.2) is 64.6 Å². The van der Waals surface area contributed by atoms with Gasteiger partial charge >= 0.3 is 0 Å². The Labute approximate surface area is 147 Å². The van der Waals surface area contributed by atoms with Crippen molar-refractivity contribution in [2.45, 2.75) is 17.7 Å². The second-order valence-electron chi connectivity index (χ2n) is 5.90. The Bertz CT molecular complexity index is 1220. The van der Waals surface area contributed by atoms with E-state index in [1.807, 2.05) is 36.5 Å². The van der Waals surface area contributed by atoms with E-state index in [4.69, 9.17) is 9.40 Å². The molecular weight excluding hydrogens is 332 g/mol. The number of pyridine rings is 1. The molecule has 1 aromatic carbocycles. The Morgan fingerprint density at radius 2 is 2.04 bits per heavy atom. The Morgan fingerprint density at radius 3 is 2.96 bits per heavy atom. The molecule has 4 heterocycles. The molecule has 0 spiro atoms. The summed E-state index contributed by atoms with van der Waals surface area (Å²) in [7, 11) is 0. The largest absolute Gasteiger partial charge is 0.451 e. The minimum absolute atomic E-state index is 0.726. The number of furan rings is 1. The van der Waals surface area contributed by atoms with Crippen molar-refractivity contribution in [3.05, 3.63) is 66.4 Å². The van der Waals surface area contributed by atoms with E-state index in [0.29, 0.717) is 0 Å². The lowest BCUT2D eigenvalue weighted by Crippen LogP contribution is -1.86. The first-order valence-electron chi connectivity index (χ1n) is 7.98. The van der Waals surface area contributed by atoms with Gasteiger partial charge in [-0.3, -0.25) is 0 Å². The van der Waals surface area contributed by atoms with Crippen LogP contribution in [-0.2, 0) is 5.75 Å². The highest BCUT2D eigenvalue weighted by Gasteiger charge is 2.14. The maximum Gasteiger partial charge on any atom is 0.186 e. The molecular formula is C19H14N4OS. The SMILES string of the molecule is Cc1cccn2cc(CSc3ncnc4c3oc3ccccc34)nc12. The highest BCUT2D eigenvalue weighted by atomic mass is 32.2. The van der Waals surface area contributed by atoms with Crippen molar-refractivity contribution in [3.63, 3.8) is 0 Å². The number of thioether (sulfide) groups is 1. The van der Waals surface area contributed by atoms with Crippen LogP contribution >= 0.6 is 11.8 Å². The van der Waals surface area contributed by atoms with Gasteiger partial charge in [-0.2, -0.15) is 0 Å². The van der Waals surface area contributed by atoms with Gasteiger partial charge in [0.1, 0.15) is 28.1 Å². The molecule has 0 fully saturated rings. The van der Waals surface area contributed by atoms with Crippen molar-refractivity contribution in [1.82, 2.24) is 19.4 Å². The minimum atomic E-state index is 0.726. The van der Waals surface area contributed by atoms with Crippen molar-refractivity contribution in [2.75, 3.05) is 0 Å². The van der Waals surface area contributed by atoms with E-state index in [9.17, 15) is 0 Å². The zero-order valence-electron chi connectivity index (χ0n) is 13.5. The van der Waals surface area contributed by atoms with Gasteiger partial charge in [-0.15, -0.1) is 0 Å². The van der Waals surface area contributed by atoms with Crippen LogP contribution in [0.1, 0.15) is 11.3 Å². The summed E-state index contributed by atoms with van der Waals surface area (Å²) in [6, 6.07) is 12.0. The van der Waals surface area contributed by atoms with Crippen LogP contribution in [0.2, 0.25) is 0 Å². The van der Waals surface area contributed by atoms with Gasteiger partial charge < -0.3 is 8.82 Å². The van der Waals surface area contributed by atoms with Gasteiger partial charge in [0.15, 0.2) is 5.58 Å². The van der Waals surface area contributed by atoms with Gasteiger partial charge in [-0.1, -0.05) is 30.0 Å². The summed E-state index contributed by atoms with van der Waals surface area (Å²) in [4.78, 5) is 13.5. The number of para-hydroxylation sites is 1. The van der Waals surface area contributed by atoms with Crippen molar-refractivity contribution >= 4 is 39.5 Å². The molecule has 6 heteroatoms. The molecule has 0 aliphatic rings. The molecule has 0 amide bonds. The molecule has 0 saturated carbocycles. The second kappa shape index (κ2) is 5.60. The van der Waals surface area contributed by atoms with E-state index in [1.54, 1.807) is 18.1 Å². The highest BCUT2D eigenvalue weighted by molar-refractivity contribution is 7.98. The highest BCUT2D eigenvalue weighted by Crippen LogP contribution is 2.33. The van der Waals surface area contributed by atoms with E-state index < -0.39 is 0 Å². The Balaban J connectivity index is 1.52. The second-order valence-corrected chi connectivity index (χ2v) is 6.86. The van der Waals surface area contributed by atoms with Crippen LogP contribution in [0.3, 0.4) is 0 Å². The number of benzene rings is 1. The van der Waals surface area contributed by atoms with Gasteiger partial charge in [-0.05, 0) is 30.7 Å². The number of hydrogen-bond donors (Lipinski definition) is 0. The fourth-order valence-corrected chi connectivity index (χ4v) is 3.84. The number of rotatable bonds is 3. The normalized spacial score (nSPS) is 11.7. The standard InChI is InChI=1S/C19H14N4OS/c1-12-5-4-8-23-9-13(22-18(12)23)10-25-19-17-16(20-11-21-19)14-6-2-3-7-15(14)24-17/h2-9,11H,10H2,1H3. The van der Waals surface area contributed by atoms with Crippen LogP contribution in [0.5, 0.6) is 0 Å². The maximum atomic E-state index is 5.98. The summed E-state index contributed by atoms with van der Waals surface area (Å²) < 4.78 is 8.04. The molecule has 0 N–H and O–H groups in total. The molecule has 122 valence electrons. The predicted molar refractivity (Wildman–Crippen MR) is 98.8 cm³/mol. The number of aromatic nitrogens is 4. The van der Waals surface area contributed by atoms with Crippen molar-refractivity contribution < 1.29 is 4.42 Å². The van der Waals surface area contributed by atoms with Crippen molar-refractivity contribution in [3.8, 4) is 0 Å². The monoisotopic (exact) mass is 346 g/mol. The predicted octanol–water partition coefficient (Wildman–Crippen LogP) is 4.62. The third kappa shape index (κ3) is 2.37. The van der Waals surface area contributed by atoms with Gasteiger partial charge in [0.2, 0.25) is 0 Å². The Kier molecular flexibility index (Phi) is 3.24. The average molecular weight is 346 g/mol. The third-order valence-corrected chi connectivity index (χ3v) is 5.21. The van der Waals surface area contributed by atoms with E-state index in [0.717, 1.165) is 44.2 Å². The molecule has 5 rings (SSSR count). The summed E-state index contributed by atoms with van der Waals surface area (Å²) in [5, 5.41) is 1.86. The minimum Gasteiger partial charge on any atom is -0.451 e. The van der Waals surface area contributed by atoms with Crippen LogP contribution in [0.25, 0.3) is 27.7 Å². The average Bonchev–Trinajstić information content (AvgIpc) is 3.22. The molecule has 0 radical (unpaired) electrons. The quantitative estimate of drug-likeness (QED) is 0.352. The van der Waals surface area contributed by atoms with Gasteiger partial charge in [0, 0.05) is 23.5 Å². The topological polar surface area (TPSA) is 56.2 Å². The zero-order chi connectivity index (χ0) is 16.8. The summed E-state index contributed by atoms with van der Waals surface area (Å²) in [5.41, 5.74) is 5.62. The first kappa shape index (κ1) is 14.5. The zero-order valence-corrected chi connectivity index (χ0v) is 14.3. The molecule has 0 atom stereocenters. The van der Waals surface area contributed by atoms with Gasteiger partial charge in [-0.25, -0.2) is 15.0 Å². The lowest BCUT2D eigenvalue weighted by atomic mass is 10.2. The molecule has 0 bridgehead atoms. The van der Waals surface area contributed by atoms with Gasteiger partial charge in [0.25, 0.3) is 0 Å². The summed E-state index contributed by atoms with van der Waals surface area (Å²) >= 11 is 1.62. The number of hydrogen-bond acceptors (Lipinski definition) is 5. The Morgan fingerprint density at radius 1 is 1.12 bits per heavy atom. The summed E-state index contributed by atoms with van der Waals surface area (Å²) in [6.07, 6.45) is 5.68. The number of nitrogens with zero attached hydrogens (tertiary/aromatic N) is 4. The molecule has 4 aromatic heterocycles. The first-order valence-corrected chi connectivity index (χ1v) is 8.96. The molecule has 25 heavy (non-hydrogen) atoms. The Hall–Kier alpha value is -2.86. The van der Waals surface area contributed by atoms with E-state index in [2.05, 4.69) is 33.6 Å². The van der Waals surface area contributed by atoms with E-state index >= 15 is 0 Å². The molecule has 5 nitrogen and oxygen atoms in total. The fourth-order valence-electron chi connectivity index (χ4n) is 3.02. The number of imidazole rings is 1. The molecule has 0 aliphatic carbocycles. The van der Waals surface area contributed by atoms with Crippen LogP contribution < -0.4 is 0 Å². The molecule has 0 saturated heterocycles. The van der Waals surface area contributed by atoms with E-state index in [-0.39, 0.29) is 0 Å². The molecule has 0 aliphatic heterocycles. The fraction of sp³-hybridized carbons (Fsp3) is 0.105. The maximum absolute atomic E-state index is 5.98. The van der Waals surface area contributed by atoms with Gasteiger partial charge in [0.05, 0.1) is 5.69 Å². The van der Waals surface area contributed by atoms with Crippen molar-refractivity contribution in [2.24, 2.45) is 0 Å². The summed E-state index contributed by atoms with van der Waals surface area (Å²) in [6.45, 7) is 2.07. The summed E-state index contributed by atoms with van der Waals surface area (Å²) in [5.74, 6) is 0.726. The number of aryl methyl sites for hydroxylation is 1. The van der Waals surface area contributed by atoms with Crippen LogP contribution in [0.4, 0.5) is 0 Å². The lowest BCUT2D eigenvalue weighted by Gasteiger charge is -1.98. The molecule has 5 aromatic rings. The number of fused-ring (bicyclic) bond motifs is 4.